The van der Waals surface area contributed by atoms with Crippen molar-refractivity contribution in [1.82, 2.24) is 5.32 Å². The summed E-state index contributed by atoms with van der Waals surface area (Å²) < 4.78 is 0. The van der Waals surface area contributed by atoms with Gasteiger partial charge in [-0.3, -0.25) is 4.79 Å². The van der Waals surface area contributed by atoms with E-state index < -0.39 is 18.2 Å². The van der Waals surface area contributed by atoms with E-state index in [1.165, 1.54) is 148 Å². The Morgan fingerprint density at radius 3 is 1.39 bits per heavy atom. The predicted molar refractivity (Wildman–Crippen MR) is 199 cm³/mol. The van der Waals surface area contributed by atoms with Crippen molar-refractivity contribution in [3.63, 3.8) is 0 Å². The molecule has 0 aliphatic heterocycles. The van der Waals surface area contributed by atoms with Gasteiger partial charge in [0, 0.05) is 0 Å². The average molecular weight is 648 g/mol. The third-order valence-electron chi connectivity index (χ3n) is 8.93. The van der Waals surface area contributed by atoms with Crippen molar-refractivity contribution in [3.8, 4) is 0 Å². The Bertz CT molecular complexity index is 719. The monoisotopic (exact) mass is 648 g/mol. The molecule has 0 aliphatic carbocycles. The fourth-order valence-corrected chi connectivity index (χ4v) is 5.87. The molecule has 0 aromatic rings. The van der Waals surface area contributed by atoms with Gasteiger partial charge in [-0.05, 0) is 32.1 Å². The number of rotatable bonds is 35. The smallest absolute Gasteiger partial charge is 0.223 e. The maximum atomic E-state index is 12.3. The van der Waals surface area contributed by atoms with Gasteiger partial charge in [-0.2, -0.15) is 0 Å². The van der Waals surface area contributed by atoms with Crippen LogP contribution < -0.4 is 5.32 Å². The van der Waals surface area contributed by atoms with E-state index >= 15 is 0 Å². The summed E-state index contributed by atoms with van der Waals surface area (Å²) in [6.07, 6.45) is 44.4. The summed E-state index contributed by atoms with van der Waals surface area (Å²) in [5.74, 6) is -0.384. The van der Waals surface area contributed by atoms with Gasteiger partial charge in [-0.15, -0.1) is 0 Å². The van der Waals surface area contributed by atoms with Gasteiger partial charge in [-0.25, -0.2) is 0 Å². The summed E-state index contributed by atoms with van der Waals surface area (Å²) in [6.45, 7) is 4.16. The second kappa shape index (κ2) is 36.4. The van der Waals surface area contributed by atoms with Crippen molar-refractivity contribution in [2.75, 3.05) is 6.61 Å². The Hall–Kier alpha value is -1.43. The van der Waals surface area contributed by atoms with Crippen molar-refractivity contribution < 1.29 is 20.1 Å². The van der Waals surface area contributed by atoms with Crippen LogP contribution >= 0.6 is 0 Å². The van der Waals surface area contributed by atoms with Crippen LogP contribution in [0.3, 0.4) is 0 Å². The molecule has 0 bridgehead atoms. The number of allylic oxidation sites excluding steroid dienone is 4. The average Bonchev–Trinajstić information content (AvgIpc) is 3.05. The second-order valence-corrected chi connectivity index (χ2v) is 13.5. The van der Waals surface area contributed by atoms with Gasteiger partial charge in [-0.1, -0.05) is 192 Å². The summed E-state index contributed by atoms with van der Waals surface area (Å²) in [7, 11) is 0. The van der Waals surface area contributed by atoms with E-state index in [2.05, 4.69) is 31.3 Å². The molecular formula is C41H77NO4. The van der Waals surface area contributed by atoms with E-state index in [1.54, 1.807) is 12.2 Å². The SMILES string of the molecule is CCCCCCCC/C=C\C/C=C\C(O)CC(=O)NC(CO)C(O)/C=C/CCCCCCCCCCCCCCCCCCCC. The van der Waals surface area contributed by atoms with Gasteiger partial charge in [0.2, 0.25) is 5.91 Å². The molecule has 0 aromatic heterocycles. The van der Waals surface area contributed by atoms with Gasteiger partial charge in [0.1, 0.15) is 0 Å². The molecule has 3 unspecified atom stereocenters. The Morgan fingerprint density at radius 2 is 0.957 bits per heavy atom. The van der Waals surface area contributed by atoms with Crippen molar-refractivity contribution in [2.45, 2.75) is 212 Å². The first-order valence-electron chi connectivity index (χ1n) is 19.8. The molecule has 0 heterocycles. The third-order valence-corrected chi connectivity index (χ3v) is 8.93. The predicted octanol–water partition coefficient (Wildman–Crippen LogP) is 10.8. The first-order chi connectivity index (χ1) is 22.5. The highest BCUT2D eigenvalue weighted by Crippen LogP contribution is 2.15. The number of nitrogens with one attached hydrogen (secondary N) is 1. The molecular weight excluding hydrogens is 570 g/mol. The van der Waals surface area contributed by atoms with Crippen LogP contribution in [0.4, 0.5) is 0 Å². The zero-order valence-corrected chi connectivity index (χ0v) is 30.5. The molecule has 270 valence electrons. The molecule has 5 heteroatoms. The molecule has 4 N–H and O–H groups in total. The summed E-state index contributed by atoms with van der Waals surface area (Å²) >= 11 is 0. The molecule has 0 aliphatic rings. The van der Waals surface area contributed by atoms with E-state index in [9.17, 15) is 20.1 Å². The number of carbonyl (C=O) groups excluding carboxylic acids is 1. The number of hydrogen-bond donors (Lipinski definition) is 4. The van der Waals surface area contributed by atoms with Crippen molar-refractivity contribution in [1.29, 1.82) is 0 Å². The van der Waals surface area contributed by atoms with Crippen LogP contribution in [0.25, 0.3) is 0 Å². The van der Waals surface area contributed by atoms with Crippen LogP contribution in [-0.4, -0.2) is 46.1 Å². The topological polar surface area (TPSA) is 89.8 Å². The number of hydrogen-bond acceptors (Lipinski definition) is 4. The lowest BCUT2D eigenvalue weighted by Crippen LogP contribution is -2.45. The molecule has 1 amide bonds. The molecule has 0 spiro atoms. The normalized spacial score (nSPS) is 14.1. The minimum absolute atomic E-state index is 0.0930. The van der Waals surface area contributed by atoms with Gasteiger partial charge in [0.15, 0.2) is 0 Å². The maximum Gasteiger partial charge on any atom is 0.223 e. The summed E-state index contributed by atoms with van der Waals surface area (Å²) in [6, 6.07) is -0.773. The minimum Gasteiger partial charge on any atom is -0.394 e. The fraction of sp³-hybridized carbons (Fsp3) is 0.829. The van der Waals surface area contributed by atoms with Gasteiger partial charge in [0.05, 0.1) is 31.3 Å². The third kappa shape index (κ3) is 32.5. The lowest BCUT2D eigenvalue weighted by molar-refractivity contribution is -0.124. The Kier molecular flexibility index (Phi) is 35.3. The molecule has 5 nitrogen and oxygen atoms in total. The summed E-state index contributed by atoms with van der Waals surface area (Å²) in [5, 5.41) is 32.9. The van der Waals surface area contributed by atoms with Crippen LogP contribution in [0.1, 0.15) is 194 Å². The highest BCUT2D eigenvalue weighted by atomic mass is 16.3. The Morgan fingerprint density at radius 1 is 0.543 bits per heavy atom. The molecule has 0 fully saturated rings. The van der Waals surface area contributed by atoms with Crippen LogP contribution in [0.15, 0.2) is 36.5 Å². The number of amides is 1. The van der Waals surface area contributed by atoms with Crippen molar-refractivity contribution >= 4 is 5.91 Å². The molecule has 0 saturated heterocycles. The molecule has 46 heavy (non-hydrogen) atoms. The van der Waals surface area contributed by atoms with Crippen LogP contribution in [-0.2, 0) is 4.79 Å². The first kappa shape index (κ1) is 44.6. The lowest BCUT2D eigenvalue weighted by Gasteiger charge is -2.20. The zero-order valence-electron chi connectivity index (χ0n) is 30.5. The summed E-state index contributed by atoms with van der Waals surface area (Å²) in [4.78, 5) is 12.3. The minimum atomic E-state index is -0.950. The van der Waals surface area contributed by atoms with E-state index in [1.807, 2.05) is 12.2 Å². The lowest BCUT2D eigenvalue weighted by atomic mass is 10.0. The van der Waals surface area contributed by atoms with Crippen LogP contribution in [0.2, 0.25) is 0 Å². The number of aliphatic hydroxyl groups excluding tert-OH is 3. The van der Waals surface area contributed by atoms with Crippen LogP contribution in [0.5, 0.6) is 0 Å². The standard InChI is InChI=1S/C41H77NO4/c1-3-5-7-9-11-13-15-16-17-18-19-20-21-22-23-25-27-29-31-33-35-40(45)39(37-43)42-41(46)36-38(44)34-32-30-28-26-24-14-12-10-8-6-4-2/h26,28,32-35,38-40,43-45H,3-25,27,29-31,36-37H2,1-2H3,(H,42,46)/b28-26-,34-32-,35-33+. The number of carbonyl (C=O) groups is 1. The molecule has 3 atom stereocenters. The van der Waals surface area contributed by atoms with E-state index in [-0.39, 0.29) is 18.9 Å². The zero-order chi connectivity index (χ0) is 33.8. The summed E-state index contributed by atoms with van der Waals surface area (Å²) in [5.41, 5.74) is 0. The van der Waals surface area contributed by atoms with Crippen molar-refractivity contribution in [3.05, 3.63) is 36.5 Å². The second-order valence-electron chi connectivity index (χ2n) is 13.5. The highest BCUT2D eigenvalue weighted by Gasteiger charge is 2.19. The van der Waals surface area contributed by atoms with Gasteiger partial charge >= 0.3 is 0 Å². The van der Waals surface area contributed by atoms with Crippen LogP contribution in [0, 0.1) is 0 Å². The Balaban J connectivity index is 3.75. The molecule has 0 saturated carbocycles. The fourth-order valence-electron chi connectivity index (χ4n) is 5.87. The molecule has 0 radical (unpaired) electrons. The quantitative estimate of drug-likeness (QED) is 0.0407. The molecule has 0 rings (SSSR count). The maximum absolute atomic E-state index is 12.3. The number of unbranched alkanes of at least 4 members (excludes halogenated alkanes) is 24. The largest absolute Gasteiger partial charge is 0.394 e. The van der Waals surface area contributed by atoms with E-state index in [0.29, 0.717) is 0 Å². The van der Waals surface area contributed by atoms with Gasteiger partial charge in [0.25, 0.3) is 0 Å². The molecule has 0 aromatic carbocycles. The highest BCUT2D eigenvalue weighted by molar-refractivity contribution is 5.77. The Labute approximate surface area is 285 Å². The first-order valence-corrected chi connectivity index (χ1v) is 19.8. The van der Waals surface area contributed by atoms with E-state index in [0.717, 1.165) is 25.7 Å². The van der Waals surface area contributed by atoms with E-state index in [4.69, 9.17) is 0 Å². The van der Waals surface area contributed by atoms with Gasteiger partial charge < -0.3 is 20.6 Å². The number of aliphatic hydroxyl groups is 3. The van der Waals surface area contributed by atoms with Crippen molar-refractivity contribution in [2.24, 2.45) is 0 Å².